The molecule has 3 heteroatoms. The lowest BCUT2D eigenvalue weighted by Crippen LogP contribution is -1.97. The predicted octanol–water partition coefficient (Wildman–Crippen LogP) is 3.38. The van der Waals surface area contributed by atoms with Crippen molar-refractivity contribution in [2.45, 2.75) is 20.0 Å². The number of benzene rings is 1. The van der Waals surface area contributed by atoms with Gasteiger partial charge in [-0.2, -0.15) is 5.26 Å². The van der Waals surface area contributed by atoms with E-state index in [1.54, 1.807) is 0 Å². The molecule has 0 fully saturated rings. The van der Waals surface area contributed by atoms with Gasteiger partial charge in [-0.15, -0.1) is 0 Å². The Balaban J connectivity index is 1.98. The minimum absolute atomic E-state index is 0.707. The summed E-state index contributed by atoms with van der Waals surface area (Å²) in [6, 6.07) is 12.2. The first-order chi connectivity index (χ1) is 9.30. The molecule has 0 unspecified atom stereocenters. The number of aryl methyl sites for hydroxylation is 1. The van der Waals surface area contributed by atoms with Crippen LogP contribution in [-0.4, -0.2) is 9.13 Å². The summed E-state index contributed by atoms with van der Waals surface area (Å²) >= 11 is 0. The molecule has 3 aromatic rings. The van der Waals surface area contributed by atoms with Gasteiger partial charge in [0.25, 0.3) is 0 Å². The summed E-state index contributed by atoms with van der Waals surface area (Å²) < 4.78 is 4.35. The number of fused-ring (bicyclic) bond motifs is 1. The van der Waals surface area contributed by atoms with E-state index in [-0.39, 0.29) is 0 Å². The number of hydrogen-bond donors (Lipinski definition) is 0. The average Bonchev–Trinajstić information content (AvgIpc) is 3.06. The fourth-order valence-electron chi connectivity index (χ4n) is 2.37. The minimum Gasteiger partial charge on any atom is -0.354 e. The van der Waals surface area contributed by atoms with Gasteiger partial charge in [0.15, 0.2) is 0 Å². The Morgan fingerprint density at radius 2 is 2.05 bits per heavy atom. The summed E-state index contributed by atoms with van der Waals surface area (Å²) in [4.78, 5) is 0. The summed E-state index contributed by atoms with van der Waals surface area (Å²) in [7, 11) is 0. The number of rotatable bonds is 3. The Morgan fingerprint density at radius 1 is 1.16 bits per heavy atom. The molecule has 2 heterocycles. The smallest absolute Gasteiger partial charge is 0.0992 e. The van der Waals surface area contributed by atoms with Crippen LogP contribution in [0.15, 0.2) is 48.9 Å². The zero-order valence-electron chi connectivity index (χ0n) is 10.9. The van der Waals surface area contributed by atoms with Crippen molar-refractivity contribution in [3.8, 4) is 6.07 Å². The van der Waals surface area contributed by atoms with E-state index < -0.39 is 0 Å². The van der Waals surface area contributed by atoms with Crippen LogP contribution in [0.1, 0.15) is 18.1 Å². The molecule has 3 rings (SSSR count). The van der Waals surface area contributed by atoms with E-state index in [4.69, 9.17) is 5.26 Å². The van der Waals surface area contributed by atoms with Crippen molar-refractivity contribution in [2.24, 2.45) is 0 Å². The largest absolute Gasteiger partial charge is 0.354 e. The highest BCUT2D eigenvalue weighted by molar-refractivity contribution is 5.81. The topological polar surface area (TPSA) is 33.6 Å². The molecule has 0 saturated heterocycles. The van der Waals surface area contributed by atoms with Gasteiger partial charge in [0.2, 0.25) is 0 Å². The fraction of sp³-hybridized carbons (Fsp3) is 0.188. The quantitative estimate of drug-likeness (QED) is 0.700. The van der Waals surface area contributed by atoms with Crippen molar-refractivity contribution < 1.29 is 0 Å². The molecule has 94 valence electrons. The molecule has 0 N–H and O–H groups in total. The van der Waals surface area contributed by atoms with Crippen molar-refractivity contribution in [1.29, 1.82) is 5.26 Å². The molecule has 3 nitrogen and oxygen atoms in total. The Bertz CT molecular complexity index is 756. The van der Waals surface area contributed by atoms with Crippen molar-refractivity contribution in [1.82, 2.24) is 9.13 Å². The summed E-state index contributed by atoms with van der Waals surface area (Å²) in [5, 5.41) is 10.2. The van der Waals surface area contributed by atoms with Gasteiger partial charge in [0.1, 0.15) is 0 Å². The van der Waals surface area contributed by atoms with Crippen molar-refractivity contribution in [2.75, 3.05) is 0 Å². The molecule has 0 saturated carbocycles. The SMILES string of the molecule is CCn1ccc(Cn2ccc3ccc(C#N)cc32)c1. The van der Waals surface area contributed by atoms with Crippen molar-refractivity contribution >= 4 is 10.9 Å². The van der Waals surface area contributed by atoms with Crippen LogP contribution in [0.3, 0.4) is 0 Å². The summed E-state index contributed by atoms with van der Waals surface area (Å²) in [6.07, 6.45) is 6.34. The van der Waals surface area contributed by atoms with Gasteiger partial charge in [0, 0.05) is 37.2 Å². The molecule has 0 atom stereocenters. The van der Waals surface area contributed by atoms with Crippen LogP contribution >= 0.6 is 0 Å². The summed E-state index contributed by atoms with van der Waals surface area (Å²) in [5.74, 6) is 0. The monoisotopic (exact) mass is 249 g/mol. The van der Waals surface area contributed by atoms with Gasteiger partial charge in [-0.25, -0.2) is 0 Å². The van der Waals surface area contributed by atoms with Crippen LogP contribution in [-0.2, 0) is 13.1 Å². The van der Waals surface area contributed by atoms with Gasteiger partial charge >= 0.3 is 0 Å². The lowest BCUT2D eigenvalue weighted by atomic mass is 10.2. The van der Waals surface area contributed by atoms with Crippen LogP contribution in [0.4, 0.5) is 0 Å². The van der Waals surface area contributed by atoms with Crippen LogP contribution in [0.25, 0.3) is 10.9 Å². The molecule has 0 spiro atoms. The molecule has 19 heavy (non-hydrogen) atoms. The molecule has 0 bridgehead atoms. The van der Waals surface area contributed by atoms with Gasteiger partial charge in [-0.3, -0.25) is 0 Å². The standard InChI is InChI=1S/C16H15N3/c1-2-18-7-5-14(11-18)12-19-8-6-15-4-3-13(10-17)9-16(15)19/h3-9,11H,2,12H2,1H3. The molecule has 0 aliphatic carbocycles. The Morgan fingerprint density at radius 3 is 2.79 bits per heavy atom. The maximum atomic E-state index is 8.99. The average molecular weight is 249 g/mol. The molecular formula is C16H15N3. The highest BCUT2D eigenvalue weighted by Crippen LogP contribution is 2.19. The lowest BCUT2D eigenvalue weighted by Gasteiger charge is -2.04. The zero-order chi connectivity index (χ0) is 13.2. The Hall–Kier alpha value is -2.47. The third kappa shape index (κ3) is 2.13. The van der Waals surface area contributed by atoms with Crippen LogP contribution in [0.2, 0.25) is 0 Å². The van der Waals surface area contributed by atoms with Crippen molar-refractivity contribution in [3.05, 3.63) is 60.0 Å². The van der Waals surface area contributed by atoms with Crippen LogP contribution < -0.4 is 0 Å². The van der Waals surface area contributed by atoms with E-state index in [0.29, 0.717) is 5.56 Å². The lowest BCUT2D eigenvalue weighted by molar-refractivity contribution is 0.758. The van der Waals surface area contributed by atoms with E-state index in [0.717, 1.165) is 18.6 Å². The van der Waals surface area contributed by atoms with Crippen LogP contribution in [0, 0.1) is 11.3 Å². The maximum Gasteiger partial charge on any atom is 0.0992 e. The van der Waals surface area contributed by atoms with Gasteiger partial charge in [-0.1, -0.05) is 6.07 Å². The van der Waals surface area contributed by atoms with E-state index in [9.17, 15) is 0 Å². The first-order valence-corrected chi connectivity index (χ1v) is 6.44. The number of nitriles is 1. The molecule has 0 amide bonds. The van der Waals surface area contributed by atoms with E-state index in [2.05, 4.69) is 52.9 Å². The Labute approximate surface area is 112 Å². The number of nitrogens with zero attached hydrogens (tertiary/aromatic N) is 3. The second kappa shape index (κ2) is 4.66. The first kappa shape index (κ1) is 11.6. The maximum absolute atomic E-state index is 8.99. The fourth-order valence-corrected chi connectivity index (χ4v) is 2.37. The summed E-state index contributed by atoms with van der Waals surface area (Å²) in [5.41, 5.74) is 3.10. The van der Waals surface area contributed by atoms with E-state index in [1.807, 2.05) is 18.2 Å². The molecule has 0 aliphatic heterocycles. The van der Waals surface area contributed by atoms with Crippen LogP contribution in [0.5, 0.6) is 0 Å². The third-order valence-corrected chi connectivity index (χ3v) is 3.43. The highest BCUT2D eigenvalue weighted by atomic mass is 15.0. The van der Waals surface area contributed by atoms with E-state index >= 15 is 0 Å². The number of hydrogen-bond acceptors (Lipinski definition) is 1. The number of aromatic nitrogens is 2. The molecular weight excluding hydrogens is 234 g/mol. The Kier molecular flexibility index (Phi) is 2.85. The molecule has 1 aromatic carbocycles. The molecule has 2 aromatic heterocycles. The van der Waals surface area contributed by atoms with Gasteiger partial charge < -0.3 is 9.13 Å². The second-order valence-corrected chi connectivity index (χ2v) is 4.68. The zero-order valence-corrected chi connectivity index (χ0v) is 10.9. The van der Waals surface area contributed by atoms with Gasteiger partial charge in [0.05, 0.1) is 11.6 Å². The second-order valence-electron chi connectivity index (χ2n) is 4.68. The highest BCUT2D eigenvalue weighted by Gasteiger charge is 2.04. The third-order valence-electron chi connectivity index (χ3n) is 3.43. The van der Waals surface area contributed by atoms with Crippen molar-refractivity contribution in [3.63, 3.8) is 0 Å². The molecule has 0 aliphatic rings. The minimum atomic E-state index is 0.707. The first-order valence-electron chi connectivity index (χ1n) is 6.44. The molecule has 0 radical (unpaired) electrons. The normalized spacial score (nSPS) is 10.7. The van der Waals surface area contributed by atoms with Gasteiger partial charge in [-0.05, 0) is 42.1 Å². The predicted molar refractivity (Wildman–Crippen MR) is 75.9 cm³/mol. The summed E-state index contributed by atoms with van der Waals surface area (Å²) in [6.45, 7) is 3.96. The van der Waals surface area contributed by atoms with E-state index in [1.165, 1.54) is 10.9 Å².